The minimum atomic E-state index is -0.0455. The molecule has 2 aliphatic rings. The number of fused-ring (bicyclic) bond motifs is 1. The lowest BCUT2D eigenvalue weighted by Crippen LogP contribution is -2.32. The Morgan fingerprint density at radius 3 is 2.92 bits per heavy atom. The molecule has 138 valence electrons. The van der Waals surface area contributed by atoms with E-state index >= 15 is 0 Å². The first-order valence-corrected chi connectivity index (χ1v) is 10.6. The van der Waals surface area contributed by atoms with E-state index in [-0.39, 0.29) is 11.8 Å². The molecule has 26 heavy (non-hydrogen) atoms. The van der Waals surface area contributed by atoms with E-state index in [9.17, 15) is 4.79 Å². The Morgan fingerprint density at radius 2 is 2.08 bits per heavy atom. The fourth-order valence-electron chi connectivity index (χ4n) is 4.11. The van der Waals surface area contributed by atoms with Crippen molar-refractivity contribution in [1.82, 2.24) is 9.88 Å². The molecule has 0 radical (unpaired) electrons. The van der Waals surface area contributed by atoms with Gasteiger partial charge in [-0.25, -0.2) is 4.98 Å². The number of benzene rings is 1. The molecule has 0 saturated carbocycles. The van der Waals surface area contributed by atoms with Crippen molar-refractivity contribution in [1.29, 1.82) is 0 Å². The van der Waals surface area contributed by atoms with E-state index in [1.165, 1.54) is 24.0 Å². The molecule has 1 fully saturated rings. The summed E-state index contributed by atoms with van der Waals surface area (Å²) >= 11 is 1.54. The van der Waals surface area contributed by atoms with E-state index in [0.29, 0.717) is 0 Å². The maximum atomic E-state index is 12.8. The molecule has 2 heterocycles. The molecule has 1 aromatic heterocycles. The highest BCUT2D eigenvalue weighted by atomic mass is 32.1. The van der Waals surface area contributed by atoms with Gasteiger partial charge >= 0.3 is 0 Å². The van der Waals surface area contributed by atoms with Crippen LogP contribution in [0.25, 0.3) is 0 Å². The van der Waals surface area contributed by atoms with E-state index in [1.54, 1.807) is 11.3 Å². The largest absolute Gasteiger partial charge is 0.301 e. The van der Waals surface area contributed by atoms with Crippen molar-refractivity contribution in [2.24, 2.45) is 5.92 Å². The number of piperidine rings is 1. The lowest BCUT2D eigenvalue weighted by Gasteiger charge is -2.29. The van der Waals surface area contributed by atoms with Gasteiger partial charge in [-0.3, -0.25) is 9.69 Å². The molecule has 0 spiro atoms. The maximum Gasteiger partial charge on any atom is 0.233 e. The van der Waals surface area contributed by atoms with Gasteiger partial charge in [-0.05, 0) is 62.2 Å². The molecule has 1 aliphatic heterocycles. The molecule has 5 heteroatoms. The smallest absolute Gasteiger partial charge is 0.233 e. The summed E-state index contributed by atoms with van der Waals surface area (Å²) in [5.74, 6) is 0.885. The number of rotatable bonds is 4. The van der Waals surface area contributed by atoms with Gasteiger partial charge in [0.05, 0.1) is 11.6 Å². The number of anilines is 1. The number of thiazole rings is 1. The topological polar surface area (TPSA) is 45.2 Å². The van der Waals surface area contributed by atoms with Gasteiger partial charge in [-0.2, -0.15) is 0 Å². The second-order valence-electron chi connectivity index (χ2n) is 7.74. The highest BCUT2D eigenvalue weighted by Gasteiger charge is 2.26. The average molecular weight is 370 g/mol. The second-order valence-corrected chi connectivity index (χ2v) is 8.59. The number of aryl methyl sites for hydroxylation is 1. The summed E-state index contributed by atoms with van der Waals surface area (Å²) in [5.41, 5.74) is 3.58. The number of amides is 1. The van der Waals surface area contributed by atoms with E-state index in [0.717, 1.165) is 55.6 Å². The van der Waals surface area contributed by atoms with E-state index in [2.05, 4.69) is 45.7 Å². The Balaban J connectivity index is 1.38. The zero-order valence-corrected chi connectivity index (χ0v) is 16.2. The van der Waals surface area contributed by atoms with Crippen LogP contribution in [0.2, 0.25) is 0 Å². The number of nitrogens with one attached hydrogen (secondary N) is 1. The van der Waals surface area contributed by atoms with Gasteiger partial charge in [0, 0.05) is 11.9 Å². The first kappa shape index (κ1) is 17.7. The quantitative estimate of drug-likeness (QED) is 0.867. The SMILES string of the molecule is CC1CCN(Cc2csc(NC(=O)C3CCCc4ccccc43)n2)CC1. The van der Waals surface area contributed by atoms with Crippen molar-refractivity contribution in [2.75, 3.05) is 18.4 Å². The van der Waals surface area contributed by atoms with E-state index in [1.807, 2.05) is 6.07 Å². The van der Waals surface area contributed by atoms with Gasteiger partial charge in [-0.1, -0.05) is 31.2 Å². The van der Waals surface area contributed by atoms with Crippen molar-refractivity contribution >= 4 is 22.4 Å². The third-order valence-electron chi connectivity index (χ3n) is 5.73. The minimum absolute atomic E-state index is 0.0455. The first-order chi connectivity index (χ1) is 12.7. The summed E-state index contributed by atoms with van der Waals surface area (Å²) < 4.78 is 0. The molecule has 1 unspecified atom stereocenters. The first-order valence-electron chi connectivity index (χ1n) is 9.74. The predicted octanol–water partition coefficient (Wildman–Crippen LogP) is 4.43. The van der Waals surface area contributed by atoms with Gasteiger partial charge < -0.3 is 5.32 Å². The van der Waals surface area contributed by atoms with Gasteiger partial charge in [0.2, 0.25) is 5.91 Å². The Bertz CT molecular complexity index is 764. The molecule has 1 saturated heterocycles. The summed E-state index contributed by atoms with van der Waals surface area (Å²) in [6.45, 7) is 5.53. The van der Waals surface area contributed by atoms with Crippen molar-refractivity contribution in [3.8, 4) is 0 Å². The summed E-state index contributed by atoms with van der Waals surface area (Å²) in [6, 6.07) is 8.35. The van der Waals surface area contributed by atoms with Crippen LogP contribution >= 0.6 is 11.3 Å². The van der Waals surface area contributed by atoms with Crippen LogP contribution in [0.5, 0.6) is 0 Å². The lowest BCUT2D eigenvalue weighted by atomic mass is 9.82. The van der Waals surface area contributed by atoms with Crippen molar-refractivity contribution in [2.45, 2.75) is 51.5 Å². The average Bonchev–Trinajstić information content (AvgIpc) is 3.10. The monoisotopic (exact) mass is 369 g/mol. The molecule has 1 aliphatic carbocycles. The summed E-state index contributed by atoms with van der Waals surface area (Å²) in [7, 11) is 0. The van der Waals surface area contributed by atoms with Crippen LogP contribution < -0.4 is 5.32 Å². The van der Waals surface area contributed by atoms with E-state index < -0.39 is 0 Å². The molecule has 2 aromatic rings. The molecule has 1 aromatic carbocycles. The van der Waals surface area contributed by atoms with Crippen LogP contribution in [0.1, 0.15) is 55.3 Å². The standard InChI is InChI=1S/C21H27N3OS/c1-15-9-11-24(12-10-15)13-17-14-26-21(22-17)23-20(25)19-8-4-6-16-5-2-3-7-18(16)19/h2-3,5,7,14-15,19H,4,6,8-13H2,1H3,(H,22,23,25). The normalized spacial score (nSPS) is 21.3. The Morgan fingerprint density at radius 1 is 1.27 bits per heavy atom. The number of hydrogen-bond donors (Lipinski definition) is 1. The van der Waals surface area contributed by atoms with Gasteiger partial charge in [-0.15, -0.1) is 11.3 Å². The molecule has 4 nitrogen and oxygen atoms in total. The zero-order chi connectivity index (χ0) is 17.9. The molecule has 1 atom stereocenters. The maximum absolute atomic E-state index is 12.8. The lowest BCUT2D eigenvalue weighted by molar-refractivity contribution is -0.117. The number of nitrogens with zero attached hydrogens (tertiary/aromatic N) is 2. The van der Waals surface area contributed by atoms with Crippen LogP contribution in [0.4, 0.5) is 5.13 Å². The third kappa shape index (κ3) is 3.99. The van der Waals surface area contributed by atoms with Crippen molar-refractivity contribution in [3.05, 3.63) is 46.5 Å². The third-order valence-corrected chi connectivity index (χ3v) is 6.54. The van der Waals surface area contributed by atoms with Crippen LogP contribution in [0, 0.1) is 5.92 Å². The second kappa shape index (κ2) is 7.89. The van der Waals surface area contributed by atoms with Gasteiger partial charge in [0.1, 0.15) is 0 Å². The highest BCUT2D eigenvalue weighted by molar-refractivity contribution is 7.13. The van der Waals surface area contributed by atoms with Gasteiger partial charge in [0.25, 0.3) is 0 Å². The predicted molar refractivity (Wildman–Crippen MR) is 107 cm³/mol. The number of hydrogen-bond acceptors (Lipinski definition) is 4. The summed E-state index contributed by atoms with van der Waals surface area (Å²) in [5, 5.41) is 5.89. The van der Waals surface area contributed by atoms with Crippen LogP contribution in [0.3, 0.4) is 0 Å². The van der Waals surface area contributed by atoms with Crippen LogP contribution in [-0.2, 0) is 17.8 Å². The van der Waals surface area contributed by atoms with Gasteiger partial charge in [0.15, 0.2) is 5.13 Å². The highest BCUT2D eigenvalue weighted by Crippen LogP contribution is 2.32. The molecule has 0 bridgehead atoms. The van der Waals surface area contributed by atoms with Crippen LogP contribution in [0.15, 0.2) is 29.6 Å². The Hall–Kier alpha value is -1.72. The van der Waals surface area contributed by atoms with Crippen LogP contribution in [-0.4, -0.2) is 28.9 Å². The molecule has 1 N–H and O–H groups in total. The summed E-state index contributed by atoms with van der Waals surface area (Å²) in [6.07, 6.45) is 5.62. The fourth-order valence-corrected chi connectivity index (χ4v) is 4.81. The molecular weight excluding hydrogens is 342 g/mol. The molecule has 1 amide bonds. The van der Waals surface area contributed by atoms with E-state index in [4.69, 9.17) is 0 Å². The number of carbonyl (C=O) groups excluding carboxylic acids is 1. The number of carbonyl (C=O) groups is 1. The molecule has 4 rings (SSSR count). The summed E-state index contributed by atoms with van der Waals surface area (Å²) in [4.78, 5) is 19.9. The fraction of sp³-hybridized carbons (Fsp3) is 0.524. The Kier molecular flexibility index (Phi) is 5.36. The number of aromatic nitrogens is 1. The van der Waals surface area contributed by atoms with Crippen molar-refractivity contribution < 1.29 is 4.79 Å². The molecular formula is C21H27N3OS. The zero-order valence-electron chi connectivity index (χ0n) is 15.4. The minimum Gasteiger partial charge on any atom is -0.301 e. The Labute approximate surface area is 159 Å². The van der Waals surface area contributed by atoms with Crippen molar-refractivity contribution in [3.63, 3.8) is 0 Å². The number of likely N-dealkylation sites (tertiary alicyclic amines) is 1.